The molecule has 1 heterocycles. The number of benzene rings is 3. The minimum absolute atomic E-state index is 0.109. The summed E-state index contributed by atoms with van der Waals surface area (Å²) in [5.74, 6) is -0.181. The van der Waals surface area contributed by atoms with Gasteiger partial charge in [-0.3, -0.25) is 9.69 Å². The smallest absolute Gasteiger partial charge is 0.322 e. The summed E-state index contributed by atoms with van der Waals surface area (Å²) in [5.41, 5.74) is 4.17. The van der Waals surface area contributed by atoms with Crippen molar-refractivity contribution in [1.82, 2.24) is 10.6 Å². The summed E-state index contributed by atoms with van der Waals surface area (Å²) in [5, 5.41) is 6.58. The first-order chi connectivity index (χ1) is 14.5. The second-order valence-corrected chi connectivity index (χ2v) is 7.69. The van der Waals surface area contributed by atoms with E-state index in [1.165, 1.54) is 0 Å². The molecule has 2 N–H and O–H groups in total. The van der Waals surface area contributed by atoms with Crippen LogP contribution in [0.5, 0.6) is 0 Å². The van der Waals surface area contributed by atoms with Gasteiger partial charge >= 0.3 is 6.03 Å². The number of hydrogen-bond donors (Lipinski definition) is 2. The molecule has 152 valence electrons. The van der Waals surface area contributed by atoms with Crippen molar-refractivity contribution in [2.24, 2.45) is 0 Å². The summed E-state index contributed by atoms with van der Waals surface area (Å²) >= 11 is 6.04. The molecule has 1 atom stereocenters. The van der Waals surface area contributed by atoms with E-state index in [9.17, 15) is 9.59 Å². The van der Waals surface area contributed by atoms with E-state index in [2.05, 4.69) is 10.6 Å². The molecule has 1 aliphatic heterocycles. The normalized spacial score (nSPS) is 14.3. The van der Waals surface area contributed by atoms with Crippen LogP contribution in [0.1, 0.15) is 33.1 Å². The van der Waals surface area contributed by atoms with Gasteiger partial charge in [0, 0.05) is 29.4 Å². The van der Waals surface area contributed by atoms with Crippen molar-refractivity contribution in [1.29, 1.82) is 0 Å². The van der Waals surface area contributed by atoms with Crippen molar-refractivity contribution in [2.75, 3.05) is 18.0 Å². The molecule has 0 spiro atoms. The van der Waals surface area contributed by atoms with E-state index in [1.54, 1.807) is 11.0 Å². The maximum absolute atomic E-state index is 13.1. The molecule has 0 saturated carbocycles. The SMILES string of the molecule is Cc1cc(C(=O)NC(c2ccccc2)c2ccc(Cl)cc2)ccc1N1CCNC1=O. The fraction of sp³-hybridized carbons (Fsp3) is 0.167. The van der Waals surface area contributed by atoms with Crippen LogP contribution in [-0.2, 0) is 0 Å². The lowest BCUT2D eigenvalue weighted by molar-refractivity contribution is 0.0943. The van der Waals surface area contributed by atoms with Crippen molar-refractivity contribution >= 4 is 29.2 Å². The Kier molecular flexibility index (Phi) is 5.72. The Bertz CT molecular complexity index is 1070. The summed E-state index contributed by atoms with van der Waals surface area (Å²) in [6, 6.07) is 22.3. The molecule has 3 amide bonds. The molecule has 0 aromatic heterocycles. The molecule has 1 fully saturated rings. The highest BCUT2D eigenvalue weighted by Crippen LogP contribution is 2.26. The van der Waals surface area contributed by atoms with E-state index in [0.717, 1.165) is 22.4 Å². The number of hydrogen-bond acceptors (Lipinski definition) is 2. The molecule has 5 nitrogen and oxygen atoms in total. The molecule has 4 rings (SSSR count). The Morgan fingerprint density at radius 3 is 2.37 bits per heavy atom. The van der Waals surface area contributed by atoms with Crippen LogP contribution < -0.4 is 15.5 Å². The molecule has 1 unspecified atom stereocenters. The Labute approximate surface area is 180 Å². The van der Waals surface area contributed by atoms with Gasteiger partial charge in [0.1, 0.15) is 0 Å². The van der Waals surface area contributed by atoms with Crippen LogP contribution in [0.4, 0.5) is 10.5 Å². The fourth-order valence-corrected chi connectivity index (χ4v) is 3.80. The lowest BCUT2D eigenvalue weighted by atomic mass is 9.98. The number of halogens is 1. The standard InChI is InChI=1S/C24H22ClN3O2/c1-16-15-19(9-12-21(16)28-14-13-26-24(28)30)23(29)27-22(17-5-3-2-4-6-17)18-7-10-20(25)11-8-18/h2-12,15,22H,13-14H2,1H3,(H,26,30)(H,27,29). The summed E-state index contributed by atoms with van der Waals surface area (Å²) in [4.78, 5) is 26.7. The van der Waals surface area contributed by atoms with Crippen LogP contribution in [0.3, 0.4) is 0 Å². The van der Waals surface area contributed by atoms with Crippen molar-refractivity contribution in [3.05, 3.63) is 100 Å². The Morgan fingerprint density at radius 1 is 1.03 bits per heavy atom. The average Bonchev–Trinajstić information content (AvgIpc) is 3.18. The predicted molar refractivity (Wildman–Crippen MR) is 119 cm³/mol. The lowest BCUT2D eigenvalue weighted by Gasteiger charge is -2.21. The minimum Gasteiger partial charge on any atom is -0.341 e. The number of rotatable bonds is 5. The molecule has 0 aliphatic carbocycles. The second-order valence-electron chi connectivity index (χ2n) is 7.25. The highest BCUT2D eigenvalue weighted by atomic mass is 35.5. The molecule has 3 aromatic carbocycles. The zero-order valence-electron chi connectivity index (χ0n) is 16.6. The zero-order chi connectivity index (χ0) is 21.1. The van der Waals surface area contributed by atoms with Crippen molar-refractivity contribution in [3.8, 4) is 0 Å². The average molecular weight is 420 g/mol. The van der Waals surface area contributed by atoms with Crippen LogP contribution in [0.15, 0.2) is 72.8 Å². The quantitative estimate of drug-likeness (QED) is 0.629. The Balaban J connectivity index is 1.60. The zero-order valence-corrected chi connectivity index (χ0v) is 17.3. The number of urea groups is 1. The third-order valence-corrected chi connectivity index (χ3v) is 5.47. The molecule has 1 saturated heterocycles. The maximum atomic E-state index is 13.1. The highest BCUT2D eigenvalue weighted by Gasteiger charge is 2.23. The van der Waals surface area contributed by atoms with Gasteiger partial charge in [0.05, 0.1) is 6.04 Å². The van der Waals surface area contributed by atoms with Crippen molar-refractivity contribution in [3.63, 3.8) is 0 Å². The van der Waals surface area contributed by atoms with Gasteiger partial charge in [-0.05, 0) is 53.9 Å². The molecule has 0 radical (unpaired) electrons. The number of nitrogens with one attached hydrogen (secondary N) is 2. The first kappa shape index (κ1) is 20.0. The third kappa shape index (κ3) is 4.16. The first-order valence-corrected chi connectivity index (χ1v) is 10.2. The van der Waals surface area contributed by atoms with E-state index >= 15 is 0 Å². The van der Waals surface area contributed by atoms with Gasteiger partial charge in [0.25, 0.3) is 5.91 Å². The molecule has 3 aromatic rings. The van der Waals surface area contributed by atoms with Crippen LogP contribution in [-0.4, -0.2) is 25.0 Å². The van der Waals surface area contributed by atoms with E-state index in [0.29, 0.717) is 23.7 Å². The maximum Gasteiger partial charge on any atom is 0.322 e. The van der Waals surface area contributed by atoms with E-state index in [-0.39, 0.29) is 18.0 Å². The van der Waals surface area contributed by atoms with Gasteiger partial charge in [-0.15, -0.1) is 0 Å². The van der Waals surface area contributed by atoms with Crippen LogP contribution in [0.2, 0.25) is 5.02 Å². The lowest BCUT2D eigenvalue weighted by Crippen LogP contribution is -2.30. The molecule has 30 heavy (non-hydrogen) atoms. The number of nitrogens with zero attached hydrogens (tertiary/aromatic N) is 1. The first-order valence-electron chi connectivity index (χ1n) is 9.80. The second kappa shape index (κ2) is 8.59. The summed E-state index contributed by atoms with van der Waals surface area (Å²) in [7, 11) is 0. The van der Waals surface area contributed by atoms with Crippen LogP contribution in [0, 0.1) is 6.92 Å². The number of amides is 3. The fourth-order valence-electron chi connectivity index (χ4n) is 3.68. The van der Waals surface area contributed by atoms with Crippen molar-refractivity contribution in [2.45, 2.75) is 13.0 Å². The molecule has 6 heteroatoms. The predicted octanol–water partition coefficient (Wildman–Crippen LogP) is 4.70. The van der Waals surface area contributed by atoms with Gasteiger partial charge in [0.15, 0.2) is 0 Å². The monoisotopic (exact) mass is 419 g/mol. The summed E-state index contributed by atoms with van der Waals surface area (Å²) in [6.07, 6.45) is 0. The highest BCUT2D eigenvalue weighted by molar-refractivity contribution is 6.30. The van der Waals surface area contributed by atoms with E-state index in [1.807, 2.05) is 73.7 Å². The van der Waals surface area contributed by atoms with Crippen LogP contribution in [0.25, 0.3) is 0 Å². The van der Waals surface area contributed by atoms with E-state index in [4.69, 9.17) is 11.6 Å². The Morgan fingerprint density at radius 2 is 1.73 bits per heavy atom. The molecular formula is C24H22ClN3O2. The van der Waals surface area contributed by atoms with Gasteiger partial charge in [-0.1, -0.05) is 54.1 Å². The third-order valence-electron chi connectivity index (χ3n) is 5.22. The van der Waals surface area contributed by atoms with Gasteiger partial charge in [-0.2, -0.15) is 0 Å². The number of aryl methyl sites for hydroxylation is 1. The van der Waals surface area contributed by atoms with Crippen LogP contribution >= 0.6 is 11.6 Å². The topological polar surface area (TPSA) is 61.4 Å². The van der Waals surface area contributed by atoms with Gasteiger partial charge in [0.2, 0.25) is 0 Å². The number of carbonyl (C=O) groups is 2. The molecular weight excluding hydrogens is 398 g/mol. The minimum atomic E-state index is -0.305. The largest absolute Gasteiger partial charge is 0.341 e. The summed E-state index contributed by atoms with van der Waals surface area (Å²) < 4.78 is 0. The number of anilines is 1. The van der Waals surface area contributed by atoms with Crippen molar-refractivity contribution < 1.29 is 9.59 Å². The Hall–Kier alpha value is -3.31. The molecule has 0 bridgehead atoms. The van der Waals surface area contributed by atoms with Gasteiger partial charge < -0.3 is 10.6 Å². The van der Waals surface area contributed by atoms with Gasteiger partial charge in [-0.25, -0.2) is 4.79 Å². The molecule has 1 aliphatic rings. The number of carbonyl (C=O) groups excluding carboxylic acids is 2. The summed E-state index contributed by atoms with van der Waals surface area (Å²) in [6.45, 7) is 3.16. The van der Waals surface area contributed by atoms with E-state index < -0.39 is 0 Å².